The highest BCUT2D eigenvalue weighted by Gasteiger charge is 2.30. The van der Waals surface area contributed by atoms with Gasteiger partial charge in [-0.05, 0) is 36.0 Å². The van der Waals surface area contributed by atoms with E-state index in [1.54, 1.807) is 0 Å². The van der Waals surface area contributed by atoms with Crippen LogP contribution in [0, 0.1) is 5.95 Å². The van der Waals surface area contributed by atoms with Crippen LogP contribution < -0.4 is 5.32 Å². The van der Waals surface area contributed by atoms with E-state index in [-0.39, 0.29) is 28.0 Å². The first-order valence-electron chi connectivity index (χ1n) is 5.64. The summed E-state index contributed by atoms with van der Waals surface area (Å²) >= 11 is -0.342. The second-order valence-corrected chi connectivity index (χ2v) is 4.95. The summed E-state index contributed by atoms with van der Waals surface area (Å²) in [5, 5.41) is 2.29. The lowest BCUT2D eigenvalue weighted by atomic mass is 10.3. The highest BCUT2D eigenvalue weighted by atomic mass is 32.2. The van der Waals surface area contributed by atoms with Crippen molar-refractivity contribution in [2.24, 2.45) is 0 Å². The number of benzene rings is 1. The van der Waals surface area contributed by atoms with Gasteiger partial charge in [-0.25, -0.2) is 4.98 Å². The van der Waals surface area contributed by atoms with Crippen molar-refractivity contribution in [3.05, 3.63) is 54.1 Å². The molecule has 1 N–H and O–H groups in total. The van der Waals surface area contributed by atoms with Gasteiger partial charge < -0.3 is 5.32 Å². The van der Waals surface area contributed by atoms with E-state index in [9.17, 15) is 22.4 Å². The maximum Gasteiger partial charge on any atom is 0.446 e. The van der Waals surface area contributed by atoms with Crippen LogP contribution >= 0.6 is 11.8 Å². The molecule has 1 heterocycles. The number of thioether (sulfide) groups is 1. The molecule has 0 aliphatic carbocycles. The predicted molar refractivity (Wildman–Crippen MR) is 70.5 cm³/mol. The number of hydrogen-bond donors (Lipinski definition) is 1. The van der Waals surface area contributed by atoms with E-state index >= 15 is 0 Å². The van der Waals surface area contributed by atoms with Gasteiger partial charge in [-0.2, -0.15) is 17.6 Å². The molecule has 0 bridgehead atoms. The topological polar surface area (TPSA) is 42.0 Å². The second-order valence-electron chi connectivity index (χ2n) is 3.84. The van der Waals surface area contributed by atoms with Crippen molar-refractivity contribution in [3.63, 3.8) is 0 Å². The van der Waals surface area contributed by atoms with Crippen molar-refractivity contribution in [3.8, 4) is 0 Å². The Labute approximate surface area is 121 Å². The van der Waals surface area contributed by atoms with E-state index in [2.05, 4.69) is 10.3 Å². The quantitative estimate of drug-likeness (QED) is 0.527. The average molecular weight is 316 g/mol. The summed E-state index contributed by atoms with van der Waals surface area (Å²) in [7, 11) is 0. The number of amides is 1. The number of alkyl halides is 3. The normalized spacial score (nSPS) is 11.2. The van der Waals surface area contributed by atoms with Crippen LogP contribution in [-0.4, -0.2) is 16.4 Å². The molecule has 110 valence electrons. The number of nitrogens with zero attached hydrogens (tertiary/aromatic N) is 1. The Balaban J connectivity index is 2.22. The molecule has 0 spiro atoms. The van der Waals surface area contributed by atoms with Gasteiger partial charge in [0.05, 0.1) is 5.69 Å². The second kappa shape index (κ2) is 6.13. The highest BCUT2D eigenvalue weighted by Crippen LogP contribution is 2.40. The molecule has 0 fully saturated rings. The van der Waals surface area contributed by atoms with E-state index in [0.717, 1.165) is 6.07 Å². The van der Waals surface area contributed by atoms with Crippen LogP contribution in [0.3, 0.4) is 0 Å². The molecule has 2 aromatic rings. The molecule has 8 heteroatoms. The van der Waals surface area contributed by atoms with Crippen LogP contribution in [0.2, 0.25) is 0 Å². The number of pyridine rings is 1. The molecular weight excluding hydrogens is 308 g/mol. The van der Waals surface area contributed by atoms with Gasteiger partial charge in [-0.3, -0.25) is 4.79 Å². The molecule has 0 radical (unpaired) electrons. The fourth-order valence-corrected chi connectivity index (χ4v) is 2.13. The van der Waals surface area contributed by atoms with Crippen LogP contribution in [0.1, 0.15) is 10.5 Å². The molecule has 1 aromatic carbocycles. The van der Waals surface area contributed by atoms with Gasteiger partial charge in [-0.1, -0.05) is 18.2 Å². The Hall–Kier alpha value is -2.09. The fourth-order valence-electron chi connectivity index (χ4n) is 1.50. The molecule has 0 saturated carbocycles. The Bertz CT molecular complexity index is 661. The van der Waals surface area contributed by atoms with E-state index in [0.29, 0.717) is 0 Å². The maximum atomic E-state index is 12.9. The van der Waals surface area contributed by atoms with Crippen LogP contribution in [0.4, 0.5) is 23.2 Å². The molecule has 0 aliphatic heterocycles. The Morgan fingerprint density at radius 1 is 1.10 bits per heavy atom. The third-order valence-corrected chi connectivity index (χ3v) is 3.12. The van der Waals surface area contributed by atoms with Crippen LogP contribution in [0.15, 0.2) is 47.4 Å². The molecule has 2 rings (SSSR count). The van der Waals surface area contributed by atoms with Crippen molar-refractivity contribution in [2.45, 2.75) is 10.4 Å². The third kappa shape index (κ3) is 4.45. The first-order chi connectivity index (χ1) is 9.85. The molecular formula is C13H8F4N2OS. The zero-order chi connectivity index (χ0) is 15.5. The Morgan fingerprint density at radius 2 is 1.81 bits per heavy atom. The molecule has 0 saturated heterocycles. The van der Waals surface area contributed by atoms with Crippen LogP contribution in [-0.2, 0) is 0 Å². The number of nitrogens with one attached hydrogen (secondary N) is 1. The minimum Gasteiger partial charge on any atom is -0.320 e. The predicted octanol–water partition coefficient (Wildman–Crippen LogP) is 4.08. The van der Waals surface area contributed by atoms with Crippen LogP contribution in [0.5, 0.6) is 0 Å². The summed E-state index contributed by atoms with van der Waals surface area (Å²) < 4.78 is 50.2. The zero-order valence-electron chi connectivity index (χ0n) is 10.3. The van der Waals surface area contributed by atoms with E-state index in [1.807, 2.05) is 0 Å². The highest BCUT2D eigenvalue weighted by molar-refractivity contribution is 8.00. The van der Waals surface area contributed by atoms with Crippen molar-refractivity contribution in [1.29, 1.82) is 0 Å². The summed E-state index contributed by atoms with van der Waals surface area (Å²) in [5.41, 5.74) is -4.71. The SMILES string of the molecule is O=C(Nc1ccccc1SC(F)(F)F)c1cccc(F)n1. The van der Waals surface area contributed by atoms with Gasteiger partial charge >= 0.3 is 5.51 Å². The number of para-hydroxylation sites is 1. The number of halogens is 4. The molecule has 0 aliphatic rings. The summed E-state index contributed by atoms with van der Waals surface area (Å²) in [6.45, 7) is 0. The van der Waals surface area contributed by atoms with Gasteiger partial charge in [0.1, 0.15) is 5.69 Å². The monoisotopic (exact) mass is 316 g/mol. The van der Waals surface area contributed by atoms with Crippen molar-refractivity contribution < 1.29 is 22.4 Å². The number of carbonyl (C=O) groups is 1. The Morgan fingerprint density at radius 3 is 2.48 bits per heavy atom. The third-order valence-electron chi connectivity index (χ3n) is 2.31. The minimum atomic E-state index is -4.47. The largest absolute Gasteiger partial charge is 0.446 e. The van der Waals surface area contributed by atoms with Crippen LogP contribution in [0.25, 0.3) is 0 Å². The molecule has 1 amide bonds. The summed E-state index contributed by atoms with van der Waals surface area (Å²) in [5.74, 6) is -1.63. The standard InChI is InChI=1S/C13H8F4N2OS/c14-11-7-3-5-9(18-11)12(20)19-8-4-1-2-6-10(8)21-13(15,16)17/h1-7H,(H,19,20). The number of anilines is 1. The van der Waals surface area contributed by atoms with Crippen molar-refractivity contribution >= 4 is 23.4 Å². The van der Waals surface area contributed by atoms with Crippen molar-refractivity contribution in [2.75, 3.05) is 5.32 Å². The molecule has 0 unspecified atom stereocenters. The molecule has 21 heavy (non-hydrogen) atoms. The van der Waals surface area contributed by atoms with E-state index < -0.39 is 17.4 Å². The fraction of sp³-hybridized carbons (Fsp3) is 0.0769. The maximum absolute atomic E-state index is 12.9. The van der Waals surface area contributed by atoms with Gasteiger partial charge in [0.25, 0.3) is 5.91 Å². The first kappa shape index (κ1) is 15.3. The first-order valence-corrected chi connectivity index (χ1v) is 6.45. The number of hydrogen-bond acceptors (Lipinski definition) is 3. The number of rotatable bonds is 3. The van der Waals surface area contributed by atoms with E-state index in [1.165, 1.54) is 36.4 Å². The van der Waals surface area contributed by atoms with E-state index in [4.69, 9.17) is 0 Å². The minimum absolute atomic E-state index is 0.0177. The lowest BCUT2D eigenvalue weighted by molar-refractivity contribution is -0.0328. The summed E-state index contributed by atoms with van der Waals surface area (Å²) in [4.78, 5) is 15.1. The summed E-state index contributed by atoms with van der Waals surface area (Å²) in [6, 6.07) is 9.06. The van der Waals surface area contributed by atoms with Gasteiger partial charge in [0, 0.05) is 4.90 Å². The number of carbonyl (C=O) groups excluding carboxylic acids is 1. The summed E-state index contributed by atoms with van der Waals surface area (Å²) in [6.07, 6.45) is 0. The molecule has 1 aromatic heterocycles. The molecule has 0 atom stereocenters. The Kier molecular flexibility index (Phi) is 4.46. The van der Waals surface area contributed by atoms with Gasteiger partial charge in [0.15, 0.2) is 0 Å². The van der Waals surface area contributed by atoms with Gasteiger partial charge in [0.2, 0.25) is 5.95 Å². The van der Waals surface area contributed by atoms with Crippen molar-refractivity contribution in [1.82, 2.24) is 4.98 Å². The zero-order valence-corrected chi connectivity index (χ0v) is 11.1. The van der Waals surface area contributed by atoms with Gasteiger partial charge in [-0.15, -0.1) is 0 Å². The average Bonchev–Trinajstić information content (AvgIpc) is 2.39. The lowest BCUT2D eigenvalue weighted by Gasteiger charge is -2.11. The smallest absolute Gasteiger partial charge is 0.320 e. The molecule has 3 nitrogen and oxygen atoms in total. The lowest BCUT2D eigenvalue weighted by Crippen LogP contribution is -2.15. The number of aromatic nitrogens is 1.